The Hall–Kier alpha value is -3.69. The number of amides is 2. The van der Waals surface area contributed by atoms with E-state index in [2.05, 4.69) is 20.8 Å². The quantitative estimate of drug-likeness (QED) is 0.610. The number of carboxylic acid groups (broad SMARTS) is 1. The van der Waals surface area contributed by atoms with E-state index in [1.54, 1.807) is 4.90 Å². The number of alkyl halides is 2. The summed E-state index contributed by atoms with van der Waals surface area (Å²) in [7, 11) is 0. The van der Waals surface area contributed by atoms with E-state index in [9.17, 15) is 19.5 Å². The summed E-state index contributed by atoms with van der Waals surface area (Å²) in [6.07, 6.45) is 0.347. The molecule has 0 spiro atoms. The van der Waals surface area contributed by atoms with Crippen LogP contribution in [0.1, 0.15) is 76.7 Å². The van der Waals surface area contributed by atoms with Crippen LogP contribution in [-0.4, -0.2) is 46.7 Å². The molecule has 2 aromatic rings. The molecule has 5 rings (SSSR count). The molecule has 2 bridgehead atoms. The van der Waals surface area contributed by atoms with Crippen molar-refractivity contribution in [1.29, 1.82) is 0 Å². The molecule has 2 aliphatic heterocycles. The summed E-state index contributed by atoms with van der Waals surface area (Å²) < 4.78 is 42.2. The molecule has 2 heterocycles. The number of nitrogens with zero attached hydrogens (tertiary/aromatic N) is 1. The molecule has 3 aliphatic rings. The SMILES string of the molecule is CC1(C)CC2CC(C)(CN2C(=O)c2ccc(C(N)=O)c(C(F)(F)C3Oc4cccc(C(=O)O)c4O3)c2)C1. The van der Waals surface area contributed by atoms with Crippen molar-refractivity contribution in [3.05, 3.63) is 58.7 Å². The summed E-state index contributed by atoms with van der Waals surface area (Å²) in [5.74, 6) is -7.34. The standard InChI is InChI=1S/C27H28F2N2O6/c1-25(2)10-15-11-26(3,12-25)13-31(15)22(33)14-7-8-16(21(30)32)18(9-14)27(28,29)24-36-19-6-4-5-17(23(34)35)20(19)37-24/h4-9,15,24H,10-13H2,1-3H3,(H2,30,32)(H,34,35). The van der Waals surface area contributed by atoms with Gasteiger partial charge < -0.3 is 25.2 Å². The van der Waals surface area contributed by atoms with Crippen LogP contribution in [0.3, 0.4) is 0 Å². The van der Waals surface area contributed by atoms with Crippen LogP contribution in [0, 0.1) is 10.8 Å². The third-order valence-corrected chi connectivity index (χ3v) is 7.53. The van der Waals surface area contributed by atoms with Crippen molar-refractivity contribution in [2.24, 2.45) is 16.6 Å². The maximum atomic E-state index is 15.8. The lowest BCUT2D eigenvalue weighted by Gasteiger charge is -2.39. The zero-order valence-electron chi connectivity index (χ0n) is 20.7. The van der Waals surface area contributed by atoms with Gasteiger partial charge in [-0.05, 0) is 60.4 Å². The molecule has 196 valence electrons. The Morgan fingerprint density at radius 1 is 1.08 bits per heavy atom. The molecular formula is C27H28F2N2O6. The molecule has 2 amide bonds. The third kappa shape index (κ3) is 4.18. The van der Waals surface area contributed by atoms with Gasteiger partial charge in [0.2, 0.25) is 5.91 Å². The molecule has 2 aromatic carbocycles. The third-order valence-electron chi connectivity index (χ3n) is 7.53. The Morgan fingerprint density at radius 3 is 2.49 bits per heavy atom. The second kappa shape index (κ2) is 8.16. The number of aromatic carboxylic acids is 1. The van der Waals surface area contributed by atoms with Gasteiger partial charge in [-0.1, -0.05) is 26.8 Å². The first-order valence-corrected chi connectivity index (χ1v) is 12.0. The molecule has 1 saturated carbocycles. The molecule has 3 unspecified atom stereocenters. The summed E-state index contributed by atoms with van der Waals surface area (Å²) in [4.78, 5) is 38.9. The van der Waals surface area contributed by atoms with Crippen LogP contribution < -0.4 is 15.2 Å². The highest BCUT2D eigenvalue weighted by atomic mass is 19.3. The number of rotatable bonds is 5. The normalized spacial score (nSPS) is 25.7. The minimum absolute atomic E-state index is 0.00429. The number of carbonyl (C=O) groups is 3. The highest BCUT2D eigenvalue weighted by Gasteiger charge is 2.53. The predicted octanol–water partition coefficient (Wildman–Crippen LogP) is 4.41. The number of halogens is 2. The van der Waals surface area contributed by atoms with Crippen LogP contribution in [0.25, 0.3) is 0 Å². The van der Waals surface area contributed by atoms with E-state index in [0.717, 1.165) is 31.4 Å². The molecule has 2 fully saturated rings. The fourth-order valence-electron chi connectivity index (χ4n) is 6.45. The van der Waals surface area contributed by atoms with Crippen molar-refractivity contribution in [3.63, 3.8) is 0 Å². The minimum Gasteiger partial charge on any atom is -0.478 e. The Balaban J connectivity index is 1.49. The van der Waals surface area contributed by atoms with Crippen LogP contribution >= 0.6 is 0 Å². The lowest BCUT2D eigenvalue weighted by atomic mass is 9.65. The van der Waals surface area contributed by atoms with Gasteiger partial charge in [0.05, 0.1) is 0 Å². The van der Waals surface area contributed by atoms with Gasteiger partial charge in [0.25, 0.3) is 5.91 Å². The molecule has 37 heavy (non-hydrogen) atoms. The van der Waals surface area contributed by atoms with Gasteiger partial charge in [0.1, 0.15) is 5.56 Å². The van der Waals surface area contributed by atoms with E-state index in [0.29, 0.717) is 6.54 Å². The molecule has 8 nitrogen and oxygen atoms in total. The first-order chi connectivity index (χ1) is 17.2. The second-order valence-corrected chi connectivity index (χ2v) is 11.4. The van der Waals surface area contributed by atoms with Crippen LogP contribution in [0.4, 0.5) is 8.78 Å². The topological polar surface area (TPSA) is 119 Å². The van der Waals surface area contributed by atoms with Crippen molar-refractivity contribution >= 4 is 17.8 Å². The molecule has 0 radical (unpaired) electrons. The smallest absolute Gasteiger partial charge is 0.346 e. The second-order valence-electron chi connectivity index (χ2n) is 11.4. The van der Waals surface area contributed by atoms with E-state index >= 15 is 8.78 Å². The molecule has 0 aromatic heterocycles. The summed E-state index contributed by atoms with van der Waals surface area (Å²) >= 11 is 0. The van der Waals surface area contributed by atoms with E-state index in [1.807, 2.05) is 0 Å². The maximum absolute atomic E-state index is 15.8. The van der Waals surface area contributed by atoms with Crippen molar-refractivity contribution in [3.8, 4) is 11.5 Å². The van der Waals surface area contributed by atoms with Crippen molar-refractivity contribution < 1.29 is 37.7 Å². The van der Waals surface area contributed by atoms with Gasteiger partial charge in [-0.2, -0.15) is 8.78 Å². The van der Waals surface area contributed by atoms with E-state index in [-0.39, 0.29) is 39.5 Å². The molecular weight excluding hydrogens is 486 g/mol. The molecule has 1 saturated heterocycles. The highest BCUT2D eigenvalue weighted by Crippen LogP contribution is 2.53. The number of carboxylic acids is 1. The Morgan fingerprint density at radius 2 is 1.81 bits per heavy atom. The number of para-hydroxylation sites is 1. The van der Waals surface area contributed by atoms with Crippen LogP contribution in [0.5, 0.6) is 11.5 Å². The molecule has 3 N–H and O–H groups in total. The van der Waals surface area contributed by atoms with Gasteiger partial charge in [-0.15, -0.1) is 0 Å². The van der Waals surface area contributed by atoms with Crippen molar-refractivity contribution in [2.75, 3.05) is 6.54 Å². The number of ether oxygens (including phenoxy) is 2. The molecule has 10 heteroatoms. The zero-order valence-corrected chi connectivity index (χ0v) is 20.7. The highest BCUT2D eigenvalue weighted by molar-refractivity contribution is 5.99. The number of fused-ring (bicyclic) bond motifs is 3. The number of carbonyl (C=O) groups excluding carboxylic acids is 2. The summed E-state index contributed by atoms with van der Waals surface area (Å²) in [5, 5.41) is 9.36. The first-order valence-electron chi connectivity index (χ1n) is 12.0. The van der Waals surface area contributed by atoms with Gasteiger partial charge in [0.15, 0.2) is 11.5 Å². The van der Waals surface area contributed by atoms with Crippen molar-refractivity contribution in [1.82, 2.24) is 4.90 Å². The predicted molar refractivity (Wildman–Crippen MR) is 128 cm³/mol. The van der Waals surface area contributed by atoms with Crippen LogP contribution in [0.2, 0.25) is 0 Å². The number of hydrogen-bond acceptors (Lipinski definition) is 5. The maximum Gasteiger partial charge on any atom is 0.346 e. The minimum atomic E-state index is -3.95. The van der Waals surface area contributed by atoms with E-state index in [4.69, 9.17) is 15.2 Å². The summed E-state index contributed by atoms with van der Waals surface area (Å²) in [5.41, 5.74) is 3.74. The van der Waals surface area contributed by atoms with Gasteiger partial charge in [-0.25, -0.2) is 4.79 Å². The number of hydrogen-bond donors (Lipinski definition) is 2. The fraction of sp³-hybridized carbons (Fsp3) is 0.444. The van der Waals surface area contributed by atoms with E-state index < -0.39 is 41.1 Å². The average Bonchev–Trinajstić information content (AvgIpc) is 3.35. The monoisotopic (exact) mass is 514 g/mol. The fourth-order valence-corrected chi connectivity index (χ4v) is 6.45. The van der Waals surface area contributed by atoms with Crippen LogP contribution in [-0.2, 0) is 5.92 Å². The van der Waals surface area contributed by atoms with Gasteiger partial charge in [0, 0.05) is 29.3 Å². The number of primary amides is 1. The van der Waals surface area contributed by atoms with Crippen molar-refractivity contribution in [2.45, 2.75) is 58.3 Å². The summed E-state index contributed by atoms with van der Waals surface area (Å²) in [6.45, 7) is 7.00. The van der Waals surface area contributed by atoms with E-state index in [1.165, 1.54) is 24.3 Å². The number of benzene rings is 2. The Kier molecular flexibility index (Phi) is 5.51. The number of nitrogens with two attached hydrogens (primary N) is 1. The first kappa shape index (κ1) is 25.0. The van der Waals surface area contributed by atoms with Gasteiger partial charge >= 0.3 is 18.2 Å². The molecule has 1 aliphatic carbocycles. The average molecular weight is 515 g/mol. The lowest BCUT2D eigenvalue weighted by Crippen LogP contribution is -2.40. The Bertz CT molecular complexity index is 1330. The van der Waals surface area contributed by atoms with Crippen LogP contribution in [0.15, 0.2) is 36.4 Å². The summed E-state index contributed by atoms with van der Waals surface area (Å²) in [6, 6.07) is 7.24. The zero-order chi connectivity index (χ0) is 26.9. The van der Waals surface area contributed by atoms with Gasteiger partial charge in [-0.3, -0.25) is 9.59 Å². The molecule has 3 atom stereocenters. The lowest BCUT2D eigenvalue weighted by molar-refractivity contribution is -0.169. The Labute approximate surface area is 212 Å². The number of likely N-dealkylation sites (tertiary alicyclic amines) is 1. The largest absolute Gasteiger partial charge is 0.478 e.